The van der Waals surface area contributed by atoms with E-state index in [1.807, 2.05) is 13.8 Å². The van der Waals surface area contributed by atoms with Gasteiger partial charge in [0.25, 0.3) is 0 Å². The Balaban J connectivity index is 2.81. The fourth-order valence-electron chi connectivity index (χ4n) is 1.79. The van der Waals surface area contributed by atoms with Crippen molar-refractivity contribution in [2.75, 3.05) is 23.7 Å². The number of aliphatic hydroxyl groups excluding tert-OH is 1. The molecule has 0 spiro atoms. The van der Waals surface area contributed by atoms with Crippen LogP contribution in [0.5, 0.6) is 0 Å². The number of nitrogens with one attached hydrogen (secondary N) is 2. The Labute approximate surface area is 113 Å². The zero-order chi connectivity index (χ0) is 14.3. The molecule has 0 aromatic heterocycles. The summed E-state index contributed by atoms with van der Waals surface area (Å²) in [4.78, 5) is 10.8. The van der Waals surface area contributed by atoms with Crippen LogP contribution in [0.2, 0.25) is 0 Å². The number of hydrogen-bond donors (Lipinski definition) is 3. The Morgan fingerprint density at radius 3 is 2.47 bits per heavy atom. The molecule has 1 aromatic carbocycles. The van der Waals surface area contributed by atoms with Crippen LogP contribution in [0, 0.1) is 10.1 Å². The lowest BCUT2D eigenvalue weighted by Crippen LogP contribution is -2.13. The summed E-state index contributed by atoms with van der Waals surface area (Å²) in [5, 5.41) is 26.6. The number of nitro benzene ring substituents is 1. The highest BCUT2D eigenvalue weighted by Gasteiger charge is 2.18. The van der Waals surface area contributed by atoms with Crippen LogP contribution in [0.3, 0.4) is 0 Å². The molecule has 3 N–H and O–H groups in total. The molecule has 1 unspecified atom stereocenters. The highest BCUT2D eigenvalue weighted by atomic mass is 16.6. The van der Waals surface area contributed by atoms with Crippen molar-refractivity contribution in [3.05, 3.63) is 28.3 Å². The molecule has 19 heavy (non-hydrogen) atoms. The van der Waals surface area contributed by atoms with E-state index in [1.165, 1.54) is 0 Å². The van der Waals surface area contributed by atoms with Gasteiger partial charge in [-0.2, -0.15) is 0 Å². The van der Waals surface area contributed by atoms with Crippen LogP contribution < -0.4 is 10.6 Å². The molecule has 1 aromatic rings. The van der Waals surface area contributed by atoms with Gasteiger partial charge in [0, 0.05) is 13.1 Å². The van der Waals surface area contributed by atoms with Crippen molar-refractivity contribution in [1.82, 2.24) is 0 Å². The zero-order valence-corrected chi connectivity index (χ0v) is 11.3. The lowest BCUT2D eigenvalue weighted by molar-refractivity contribution is -0.383. The molecule has 6 nitrogen and oxygen atoms in total. The first-order chi connectivity index (χ1) is 9.10. The zero-order valence-electron chi connectivity index (χ0n) is 11.3. The van der Waals surface area contributed by atoms with Gasteiger partial charge in [-0.25, -0.2) is 0 Å². The third-order valence-corrected chi connectivity index (χ3v) is 2.85. The lowest BCUT2D eigenvalue weighted by atomic mass is 10.2. The average Bonchev–Trinajstić information content (AvgIpc) is 2.38. The first-order valence-electron chi connectivity index (χ1n) is 6.53. The maximum absolute atomic E-state index is 11.1. The number of rotatable bonds is 8. The van der Waals surface area contributed by atoms with Crippen molar-refractivity contribution in [2.24, 2.45) is 0 Å². The van der Waals surface area contributed by atoms with Gasteiger partial charge in [-0.3, -0.25) is 10.1 Å². The summed E-state index contributed by atoms with van der Waals surface area (Å²) in [6.45, 7) is 4.92. The fraction of sp³-hybridized carbons (Fsp3) is 0.538. The van der Waals surface area contributed by atoms with Gasteiger partial charge in [-0.05, 0) is 31.9 Å². The number of anilines is 2. The third kappa shape index (κ3) is 4.40. The van der Waals surface area contributed by atoms with E-state index >= 15 is 0 Å². The molecular formula is C13H21N3O3. The van der Waals surface area contributed by atoms with Crippen molar-refractivity contribution < 1.29 is 10.0 Å². The quantitative estimate of drug-likeness (QED) is 0.498. The Morgan fingerprint density at radius 2 is 1.95 bits per heavy atom. The van der Waals surface area contributed by atoms with Gasteiger partial charge in [0.2, 0.25) is 0 Å². The number of nitro groups is 1. The summed E-state index contributed by atoms with van der Waals surface area (Å²) in [5.74, 6) is 0. The molecular weight excluding hydrogens is 246 g/mol. The predicted octanol–water partition coefficient (Wildman–Crippen LogP) is 2.60. The molecule has 106 valence electrons. The number of benzene rings is 1. The van der Waals surface area contributed by atoms with Crippen LogP contribution in [0.1, 0.15) is 26.7 Å². The summed E-state index contributed by atoms with van der Waals surface area (Å²) in [6, 6.07) is 5.13. The number of hydrogen-bond acceptors (Lipinski definition) is 5. The van der Waals surface area contributed by atoms with E-state index in [4.69, 9.17) is 0 Å². The highest BCUT2D eigenvalue weighted by molar-refractivity contribution is 5.76. The van der Waals surface area contributed by atoms with Crippen LogP contribution in [-0.4, -0.2) is 29.2 Å². The number of nitrogens with zero attached hydrogens (tertiary/aromatic N) is 1. The maximum Gasteiger partial charge on any atom is 0.315 e. The standard InChI is InChI=1S/C13H21N3O3/c1-3-10(17)8-9-15-12-7-5-6-11(14-4-2)13(12)16(18)19/h5-7,10,14-15,17H,3-4,8-9H2,1-2H3. The molecule has 0 heterocycles. The van der Waals surface area contributed by atoms with Crippen LogP contribution in [0.15, 0.2) is 18.2 Å². The second-order valence-corrected chi connectivity index (χ2v) is 4.27. The lowest BCUT2D eigenvalue weighted by Gasteiger charge is -2.12. The van der Waals surface area contributed by atoms with Crippen molar-refractivity contribution >= 4 is 17.1 Å². The van der Waals surface area contributed by atoms with E-state index < -0.39 is 4.92 Å². The molecule has 1 rings (SSSR count). The Kier molecular flexibility index (Phi) is 6.08. The SMILES string of the molecule is CCNc1cccc(NCCC(O)CC)c1[N+](=O)[O-]. The van der Waals surface area contributed by atoms with E-state index in [0.29, 0.717) is 37.3 Å². The molecule has 6 heteroatoms. The van der Waals surface area contributed by atoms with E-state index in [-0.39, 0.29) is 11.8 Å². The van der Waals surface area contributed by atoms with Crippen LogP contribution in [-0.2, 0) is 0 Å². The minimum atomic E-state index is -0.392. The topological polar surface area (TPSA) is 87.4 Å². The van der Waals surface area contributed by atoms with Gasteiger partial charge in [-0.15, -0.1) is 0 Å². The third-order valence-electron chi connectivity index (χ3n) is 2.85. The van der Waals surface area contributed by atoms with Gasteiger partial charge < -0.3 is 15.7 Å². The number of aliphatic hydroxyl groups is 1. The van der Waals surface area contributed by atoms with E-state index in [1.54, 1.807) is 18.2 Å². The predicted molar refractivity (Wildman–Crippen MR) is 76.7 cm³/mol. The monoisotopic (exact) mass is 267 g/mol. The Bertz CT molecular complexity index is 424. The van der Waals surface area contributed by atoms with Crippen molar-refractivity contribution in [3.8, 4) is 0 Å². The molecule has 0 amide bonds. The van der Waals surface area contributed by atoms with Gasteiger partial charge in [0.1, 0.15) is 11.4 Å². The molecule has 0 bridgehead atoms. The van der Waals surface area contributed by atoms with Gasteiger partial charge >= 0.3 is 5.69 Å². The van der Waals surface area contributed by atoms with E-state index in [2.05, 4.69) is 10.6 Å². The molecule has 0 aliphatic rings. The smallest absolute Gasteiger partial charge is 0.315 e. The van der Waals surface area contributed by atoms with Gasteiger partial charge in [0.15, 0.2) is 0 Å². The first kappa shape index (κ1) is 15.2. The van der Waals surface area contributed by atoms with Crippen LogP contribution in [0.4, 0.5) is 17.1 Å². The molecule has 1 atom stereocenters. The van der Waals surface area contributed by atoms with Gasteiger partial charge in [0.05, 0.1) is 11.0 Å². The first-order valence-corrected chi connectivity index (χ1v) is 6.53. The highest BCUT2D eigenvalue weighted by Crippen LogP contribution is 2.32. The molecule has 0 saturated heterocycles. The van der Waals surface area contributed by atoms with E-state index in [9.17, 15) is 15.2 Å². The summed E-state index contributed by atoms with van der Waals surface area (Å²) in [7, 11) is 0. The normalized spacial score (nSPS) is 11.9. The largest absolute Gasteiger partial charge is 0.393 e. The minimum absolute atomic E-state index is 0.0512. The average molecular weight is 267 g/mol. The second kappa shape index (κ2) is 7.58. The molecule has 0 aliphatic heterocycles. The maximum atomic E-state index is 11.1. The summed E-state index contributed by atoms with van der Waals surface area (Å²) >= 11 is 0. The van der Waals surface area contributed by atoms with Gasteiger partial charge in [-0.1, -0.05) is 13.0 Å². The fourth-order valence-corrected chi connectivity index (χ4v) is 1.79. The summed E-state index contributed by atoms with van der Waals surface area (Å²) in [5.41, 5.74) is 1.04. The van der Waals surface area contributed by atoms with E-state index in [0.717, 1.165) is 0 Å². The molecule has 0 aliphatic carbocycles. The Hall–Kier alpha value is -1.82. The Morgan fingerprint density at radius 1 is 1.32 bits per heavy atom. The second-order valence-electron chi connectivity index (χ2n) is 4.27. The van der Waals surface area contributed by atoms with Crippen LogP contribution >= 0.6 is 0 Å². The van der Waals surface area contributed by atoms with Crippen molar-refractivity contribution in [1.29, 1.82) is 0 Å². The van der Waals surface area contributed by atoms with Crippen molar-refractivity contribution in [2.45, 2.75) is 32.8 Å². The minimum Gasteiger partial charge on any atom is -0.393 e. The summed E-state index contributed by atoms with van der Waals surface area (Å²) in [6.07, 6.45) is 0.879. The summed E-state index contributed by atoms with van der Waals surface area (Å²) < 4.78 is 0. The van der Waals surface area contributed by atoms with Crippen LogP contribution in [0.25, 0.3) is 0 Å². The molecule has 0 radical (unpaired) electrons. The molecule has 0 fully saturated rings. The van der Waals surface area contributed by atoms with Crippen molar-refractivity contribution in [3.63, 3.8) is 0 Å². The molecule has 0 saturated carbocycles. The number of para-hydroxylation sites is 1.